The summed E-state index contributed by atoms with van der Waals surface area (Å²) in [6.45, 7) is 0.597. The first kappa shape index (κ1) is 27.5. The van der Waals surface area contributed by atoms with Crippen molar-refractivity contribution in [3.8, 4) is 22.3 Å². The Labute approximate surface area is 245 Å². The molecule has 0 atom stereocenters. The smallest absolute Gasteiger partial charge is 0.335 e. The molecule has 5 aromatic carbocycles. The number of aromatic nitrogens is 2. The SMILES string of the molecule is O=C(O)c1ccc(CNC(=O)c2cc(-c3ccc(F)cc3)cc3cnn(Cc4ccc(-c5ccc(F)cc5)cc4)c23)cc1. The van der Waals surface area contributed by atoms with Crippen LogP contribution in [-0.4, -0.2) is 26.8 Å². The van der Waals surface area contributed by atoms with Gasteiger partial charge in [0.25, 0.3) is 5.91 Å². The van der Waals surface area contributed by atoms with E-state index in [0.29, 0.717) is 17.6 Å². The molecular weight excluding hydrogens is 548 g/mol. The molecule has 0 bridgehead atoms. The summed E-state index contributed by atoms with van der Waals surface area (Å²) in [5.41, 5.74) is 6.28. The molecule has 0 aliphatic heterocycles. The van der Waals surface area contributed by atoms with Gasteiger partial charge >= 0.3 is 5.97 Å². The van der Waals surface area contributed by atoms with Crippen LogP contribution in [0, 0.1) is 11.6 Å². The van der Waals surface area contributed by atoms with E-state index in [1.54, 1.807) is 53.3 Å². The number of carboxylic acids is 1. The van der Waals surface area contributed by atoms with Gasteiger partial charge in [-0.25, -0.2) is 13.6 Å². The molecule has 212 valence electrons. The highest BCUT2D eigenvalue weighted by Gasteiger charge is 2.18. The molecule has 0 spiro atoms. The number of fused-ring (bicyclic) bond motifs is 1. The number of carbonyl (C=O) groups is 2. The second-order valence-corrected chi connectivity index (χ2v) is 10.2. The van der Waals surface area contributed by atoms with Crippen molar-refractivity contribution in [1.82, 2.24) is 15.1 Å². The normalized spacial score (nSPS) is 11.0. The van der Waals surface area contributed by atoms with Gasteiger partial charge in [-0.3, -0.25) is 9.48 Å². The van der Waals surface area contributed by atoms with E-state index in [4.69, 9.17) is 5.11 Å². The molecular formula is C35H25F2N3O3. The minimum atomic E-state index is -1.02. The quantitative estimate of drug-likeness (QED) is 0.200. The molecule has 0 unspecified atom stereocenters. The maximum Gasteiger partial charge on any atom is 0.335 e. The van der Waals surface area contributed by atoms with Gasteiger partial charge in [-0.05, 0) is 81.9 Å². The first-order chi connectivity index (χ1) is 20.8. The average molecular weight is 574 g/mol. The van der Waals surface area contributed by atoms with Crippen molar-refractivity contribution in [2.24, 2.45) is 0 Å². The number of rotatable bonds is 8. The van der Waals surface area contributed by atoms with Crippen LogP contribution in [0.2, 0.25) is 0 Å². The second-order valence-electron chi connectivity index (χ2n) is 10.2. The molecule has 0 saturated heterocycles. The number of amides is 1. The fourth-order valence-corrected chi connectivity index (χ4v) is 5.00. The summed E-state index contributed by atoms with van der Waals surface area (Å²) < 4.78 is 28.7. The predicted molar refractivity (Wildman–Crippen MR) is 161 cm³/mol. The Balaban J connectivity index is 1.32. The molecule has 2 N–H and O–H groups in total. The van der Waals surface area contributed by atoms with Crippen molar-refractivity contribution in [2.75, 3.05) is 0 Å². The molecule has 0 aliphatic carbocycles. The van der Waals surface area contributed by atoms with Crippen LogP contribution < -0.4 is 5.32 Å². The number of carbonyl (C=O) groups excluding carboxylic acids is 1. The van der Waals surface area contributed by atoms with Gasteiger partial charge < -0.3 is 10.4 Å². The number of carboxylic acid groups (broad SMARTS) is 1. The van der Waals surface area contributed by atoms with Gasteiger partial charge in [-0.1, -0.05) is 60.7 Å². The van der Waals surface area contributed by atoms with E-state index in [1.807, 2.05) is 30.3 Å². The fourth-order valence-electron chi connectivity index (χ4n) is 5.00. The lowest BCUT2D eigenvalue weighted by atomic mass is 9.99. The minimum absolute atomic E-state index is 0.165. The van der Waals surface area contributed by atoms with Crippen molar-refractivity contribution < 1.29 is 23.5 Å². The van der Waals surface area contributed by atoms with Gasteiger partial charge in [-0.2, -0.15) is 5.10 Å². The topological polar surface area (TPSA) is 84.2 Å². The van der Waals surface area contributed by atoms with E-state index in [-0.39, 0.29) is 29.6 Å². The summed E-state index contributed by atoms with van der Waals surface area (Å²) in [4.78, 5) is 24.8. The molecule has 0 radical (unpaired) electrons. The van der Waals surface area contributed by atoms with Crippen LogP contribution in [0.15, 0.2) is 115 Å². The third-order valence-corrected chi connectivity index (χ3v) is 7.27. The zero-order valence-electron chi connectivity index (χ0n) is 22.8. The molecule has 1 amide bonds. The number of halogens is 2. The van der Waals surface area contributed by atoms with E-state index in [0.717, 1.165) is 38.8 Å². The van der Waals surface area contributed by atoms with E-state index in [2.05, 4.69) is 10.4 Å². The number of hydrogen-bond donors (Lipinski definition) is 2. The molecule has 0 saturated carbocycles. The second kappa shape index (κ2) is 11.7. The maximum atomic E-state index is 13.6. The molecule has 1 heterocycles. The summed E-state index contributed by atoms with van der Waals surface area (Å²) in [5, 5.41) is 17.4. The lowest BCUT2D eigenvalue weighted by Crippen LogP contribution is -2.24. The standard InChI is InChI=1S/C35H25F2N3O3/c36-30-13-9-25(10-14-30)24-5-3-23(4-6-24)21-40-33-29(20-39-40)17-28(26-11-15-31(37)16-12-26)18-32(33)34(41)38-19-22-1-7-27(8-2-22)35(42)43/h1-18,20H,19,21H2,(H,38,41)(H,42,43). The molecule has 6 rings (SSSR count). The molecule has 8 heteroatoms. The van der Waals surface area contributed by atoms with E-state index in [9.17, 15) is 18.4 Å². The summed E-state index contributed by atoms with van der Waals surface area (Å²) in [6, 6.07) is 30.3. The number of aromatic carboxylic acids is 1. The van der Waals surface area contributed by atoms with Crippen LogP contribution in [0.25, 0.3) is 33.2 Å². The van der Waals surface area contributed by atoms with Crippen molar-refractivity contribution in [1.29, 1.82) is 0 Å². The van der Waals surface area contributed by atoms with Gasteiger partial charge in [0, 0.05) is 11.9 Å². The maximum absolute atomic E-state index is 13.6. The Morgan fingerprint density at radius 2 is 1.23 bits per heavy atom. The molecule has 6 nitrogen and oxygen atoms in total. The zero-order chi connectivity index (χ0) is 29.9. The Morgan fingerprint density at radius 1 is 0.698 bits per heavy atom. The van der Waals surface area contributed by atoms with Crippen LogP contribution in [0.3, 0.4) is 0 Å². The van der Waals surface area contributed by atoms with Crippen LogP contribution in [-0.2, 0) is 13.1 Å². The van der Waals surface area contributed by atoms with Gasteiger partial charge in [0.1, 0.15) is 11.6 Å². The summed E-state index contributed by atoms with van der Waals surface area (Å²) >= 11 is 0. The molecule has 1 aromatic heterocycles. The van der Waals surface area contributed by atoms with E-state index in [1.165, 1.54) is 36.4 Å². The van der Waals surface area contributed by atoms with Gasteiger partial charge in [0.2, 0.25) is 0 Å². The molecule has 43 heavy (non-hydrogen) atoms. The lowest BCUT2D eigenvalue weighted by Gasteiger charge is -2.13. The monoisotopic (exact) mass is 573 g/mol. The van der Waals surface area contributed by atoms with Gasteiger partial charge in [0.05, 0.1) is 29.4 Å². The molecule has 0 aliphatic rings. The van der Waals surface area contributed by atoms with E-state index < -0.39 is 5.97 Å². The third-order valence-electron chi connectivity index (χ3n) is 7.27. The Morgan fingerprint density at radius 3 is 1.81 bits per heavy atom. The highest BCUT2D eigenvalue weighted by molar-refractivity contribution is 6.07. The Hall–Kier alpha value is -5.63. The van der Waals surface area contributed by atoms with Crippen molar-refractivity contribution in [2.45, 2.75) is 13.1 Å². The number of hydrogen-bond acceptors (Lipinski definition) is 3. The van der Waals surface area contributed by atoms with Crippen molar-refractivity contribution in [3.05, 3.63) is 149 Å². The van der Waals surface area contributed by atoms with Crippen LogP contribution >= 0.6 is 0 Å². The van der Waals surface area contributed by atoms with Gasteiger partial charge in [0.15, 0.2) is 0 Å². The van der Waals surface area contributed by atoms with Crippen molar-refractivity contribution >= 4 is 22.8 Å². The van der Waals surface area contributed by atoms with Crippen LogP contribution in [0.4, 0.5) is 8.78 Å². The summed E-state index contributed by atoms with van der Waals surface area (Å²) in [5.74, 6) is -1.99. The summed E-state index contributed by atoms with van der Waals surface area (Å²) in [6.07, 6.45) is 1.71. The first-order valence-corrected chi connectivity index (χ1v) is 13.5. The van der Waals surface area contributed by atoms with Crippen LogP contribution in [0.5, 0.6) is 0 Å². The predicted octanol–water partition coefficient (Wildman–Crippen LogP) is 7.33. The molecule has 6 aromatic rings. The van der Waals surface area contributed by atoms with Crippen molar-refractivity contribution in [3.63, 3.8) is 0 Å². The summed E-state index contributed by atoms with van der Waals surface area (Å²) in [7, 11) is 0. The highest BCUT2D eigenvalue weighted by atomic mass is 19.1. The van der Waals surface area contributed by atoms with E-state index >= 15 is 0 Å². The number of benzene rings is 5. The fraction of sp³-hybridized carbons (Fsp3) is 0.0571. The minimum Gasteiger partial charge on any atom is -0.478 e. The third kappa shape index (κ3) is 6.04. The molecule has 0 fully saturated rings. The Bertz CT molecular complexity index is 1930. The van der Waals surface area contributed by atoms with Gasteiger partial charge in [-0.15, -0.1) is 0 Å². The van der Waals surface area contributed by atoms with Crippen LogP contribution in [0.1, 0.15) is 31.8 Å². The lowest BCUT2D eigenvalue weighted by molar-refractivity contribution is 0.0696. The average Bonchev–Trinajstić information content (AvgIpc) is 3.43. The largest absolute Gasteiger partial charge is 0.478 e. The first-order valence-electron chi connectivity index (χ1n) is 13.5. The number of nitrogens with one attached hydrogen (secondary N) is 1. The Kier molecular flexibility index (Phi) is 7.49. The zero-order valence-corrected chi connectivity index (χ0v) is 22.8. The number of nitrogens with zero attached hydrogens (tertiary/aromatic N) is 2. The highest BCUT2D eigenvalue weighted by Crippen LogP contribution is 2.29.